The van der Waals surface area contributed by atoms with Crippen LogP contribution >= 0.6 is 11.3 Å². The minimum Gasteiger partial charge on any atom is -0.379 e. The number of carbonyl (C=O) groups is 1. The van der Waals surface area contributed by atoms with Crippen molar-refractivity contribution in [3.05, 3.63) is 39.8 Å². The summed E-state index contributed by atoms with van der Waals surface area (Å²) in [7, 11) is 1.70. The van der Waals surface area contributed by atoms with Crippen molar-refractivity contribution in [2.75, 3.05) is 13.7 Å². The lowest BCUT2D eigenvalue weighted by atomic mass is 10.2. The lowest BCUT2D eigenvalue weighted by Gasteiger charge is -2.05. The highest BCUT2D eigenvalue weighted by Gasteiger charge is 2.24. The van der Waals surface area contributed by atoms with Gasteiger partial charge in [-0.25, -0.2) is 0 Å². The zero-order valence-electron chi connectivity index (χ0n) is 11.3. The molecule has 0 saturated heterocycles. The minimum atomic E-state index is -0.0996. The third-order valence-electron chi connectivity index (χ3n) is 3.48. The number of nitrogens with one attached hydrogen (secondary N) is 1. The molecule has 1 amide bonds. The van der Waals surface area contributed by atoms with Crippen molar-refractivity contribution in [1.29, 1.82) is 0 Å². The molecule has 6 heteroatoms. The van der Waals surface area contributed by atoms with Crippen LogP contribution in [0.2, 0.25) is 0 Å². The number of rotatable bonds is 5. The number of thiophene rings is 1. The summed E-state index contributed by atoms with van der Waals surface area (Å²) in [6.07, 6.45) is 1.88. The van der Waals surface area contributed by atoms with Crippen molar-refractivity contribution in [3.63, 3.8) is 0 Å². The molecule has 0 spiro atoms. The van der Waals surface area contributed by atoms with Crippen LogP contribution in [0.1, 0.15) is 21.1 Å². The molecule has 0 fully saturated rings. The van der Waals surface area contributed by atoms with Gasteiger partial charge in [-0.1, -0.05) is 6.07 Å². The Morgan fingerprint density at radius 2 is 2.55 bits per heavy atom. The van der Waals surface area contributed by atoms with Gasteiger partial charge in [0.1, 0.15) is 5.69 Å². The van der Waals surface area contributed by atoms with Gasteiger partial charge in [0, 0.05) is 30.6 Å². The molecule has 1 N–H and O–H groups in total. The molecule has 1 atom stereocenters. The molecule has 2 aromatic heterocycles. The smallest absolute Gasteiger partial charge is 0.271 e. The molecule has 0 bridgehead atoms. The number of carbonyl (C=O) groups excluding carboxylic acids is 1. The number of aromatic nitrogens is 2. The second-order valence-corrected chi connectivity index (χ2v) is 5.88. The summed E-state index contributed by atoms with van der Waals surface area (Å²) in [5.41, 5.74) is 1.57. The molecule has 0 aliphatic carbocycles. The van der Waals surface area contributed by atoms with Crippen molar-refractivity contribution >= 4 is 17.2 Å². The molecular formula is C14H17N3O2S. The number of methoxy groups -OCH3 is 1. The molecule has 0 saturated carbocycles. The molecule has 1 aliphatic heterocycles. The normalized spacial score (nSPS) is 17.1. The van der Waals surface area contributed by atoms with Crippen molar-refractivity contribution in [2.24, 2.45) is 0 Å². The van der Waals surface area contributed by atoms with E-state index >= 15 is 0 Å². The fourth-order valence-electron chi connectivity index (χ4n) is 2.38. The Bertz CT molecular complexity index is 568. The average Bonchev–Trinajstić information content (AvgIpc) is 3.13. The highest BCUT2D eigenvalue weighted by atomic mass is 32.1. The van der Waals surface area contributed by atoms with Crippen LogP contribution in [-0.4, -0.2) is 35.4 Å². The molecular weight excluding hydrogens is 274 g/mol. The first-order valence-electron chi connectivity index (χ1n) is 6.66. The van der Waals surface area contributed by atoms with Gasteiger partial charge in [0.15, 0.2) is 0 Å². The summed E-state index contributed by atoms with van der Waals surface area (Å²) in [6.45, 7) is 1.37. The first-order valence-corrected chi connectivity index (χ1v) is 7.54. The van der Waals surface area contributed by atoms with Crippen LogP contribution in [0.5, 0.6) is 0 Å². The first-order chi connectivity index (χ1) is 9.76. The zero-order valence-corrected chi connectivity index (χ0v) is 12.2. The number of amides is 1. The Balaban J connectivity index is 1.53. The molecule has 0 unspecified atom stereocenters. The maximum absolute atomic E-state index is 12.0. The van der Waals surface area contributed by atoms with Gasteiger partial charge in [0.25, 0.3) is 5.91 Å². The Morgan fingerprint density at radius 3 is 3.25 bits per heavy atom. The van der Waals surface area contributed by atoms with E-state index in [1.165, 1.54) is 4.88 Å². The Kier molecular flexibility index (Phi) is 3.84. The predicted octanol–water partition coefficient (Wildman–Crippen LogP) is 1.49. The SMILES string of the molecule is CO[C@H]1Cc2cc(C(=O)NCCc3cccs3)nn2C1. The van der Waals surface area contributed by atoms with E-state index in [1.54, 1.807) is 18.4 Å². The molecule has 5 nitrogen and oxygen atoms in total. The number of hydrogen-bond donors (Lipinski definition) is 1. The molecule has 0 aromatic carbocycles. The van der Waals surface area contributed by atoms with Gasteiger partial charge >= 0.3 is 0 Å². The lowest BCUT2D eigenvalue weighted by Crippen LogP contribution is -2.26. The van der Waals surface area contributed by atoms with E-state index in [1.807, 2.05) is 22.2 Å². The van der Waals surface area contributed by atoms with Gasteiger partial charge in [-0.05, 0) is 23.9 Å². The Labute approximate surface area is 121 Å². The minimum absolute atomic E-state index is 0.0996. The van der Waals surface area contributed by atoms with Crippen LogP contribution < -0.4 is 5.32 Å². The molecule has 2 aromatic rings. The summed E-state index contributed by atoms with van der Waals surface area (Å²) in [5, 5.41) is 9.29. The summed E-state index contributed by atoms with van der Waals surface area (Å²) in [4.78, 5) is 13.3. The molecule has 3 heterocycles. The maximum Gasteiger partial charge on any atom is 0.271 e. The van der Waals surface area contributed by atoms with E-state index in [0.29, 0.717) is 12.2 Å². The fourth-order valence-corrected chi connectivity index (χ4v) is 3.09. The van der Waals surface area contributed by atoms with E-state index in [2.05, 4.69) is 16.5 Å². The summed E-state index contributed by atoms with van der Waals surface area (Å²) in [6, 6.07) is 5.96. The Morgan fingerprint density at radius 1 is 1.65 bits per heavy atom. The molecule has 106 valence electrons. The van der Waals surface area contributed by atoms with Crippen LogP contribution in [0, 0.1) is 0 Å². The topological polar surface area (TPSA) is 56.1 Å². The number of fused-ring (bicyclic) bond motifs is 1. The molecule has 20 heavy (non-hydrogen) atoms. The zero-order chi connectivity index (χ0) is 13.9. The largest absolute Gasteiger partial charge is 0.379 e. The summed E-state index contributed by atoms with van der Waals surface area (Å²) in [5.74, 6) is -0.0996. The van der Waals surface area contributed by atoms with Gasteiger partial charge < -0.3 is 10.1 Å². The van der Waals surface area contributed by atoms with Crippen LogP contribution in [0.15, 0.2) is 23.6 Å². The second-order valence-electron chi connectivity index (χ2n) is 4.85. The lowest BCUT2D eigenvalue weighted by molar-refractivity contribution is 0.0936. The molecule has 1 aliphatic rings. The third-order valence-corrected chi connectivity index (χ3v) is 4.42. The average molecular weight is 291 g/mol. The first kappa shape index (κ1) is 13.3. The highest BCUT2D eigenvalue weighted by molar-refractivity contribution is 7.09. The van der Waals surface area contributed by atoms with Crippen LogP contribution in [-0.2, 0) is 24.1 Å². The standard InChI is InChI=1S/C14H17N3O2S/c1-19-11-7-10-8-13(16-17(10)9-11)14(18)15-5-4-12-3-2-6-20-12/h2-3,6,8,11H,4-5,7,9H2,1H3,(H,15,18)/t11-/m0/s1. The molecule has 0 radical (unpaired) electrons. The van der Waals surface area contributed by atoms with Gasteiger partial charge in [0.05, 0.1) is 12.6 Å². The van der Waals surface area contributed by atoms with Crippen LogP contribution in [0.25, 0.3) is 0 Å². The van der Waals surface area contributed by atoms with E-state index in [9.17, 15) is 4.79 Å². The number of hydrogen-bond acceptors (Lipinski definition) is 4. The van der Waals surface area contributed by atoms with Crippen molar-refractivity contribution < 1.29 is 9.53 Å². The van der Waals surface area contributed by atoms with E-state index in [4.69, 9.17) is 4.74 Å². The third kappa shape index (κ3) is 2.76. The molecule has 3 rings (SSSR count). The van der Waals surface area contributed by atoms with Gasteiger partial charge in [-0.2, -0.15) is 5.10 Å². The number of nitrogens with zero attached hydrogens (tertiary/aromatic N) is 2. The number of ether oxygens (including phenoxy) is 1. The highest BCUT2D eigenvalue weighted by Crippen LogP contribution is 2.17. The summed E-state index contributed by atoms with van der Waals surface area (Å²) >= 11 is 1.71. The van der Waals surface area contributed by atoms with Gasteiger partial charge in [-0.15, -0.1) is 11.3 Å². The monoisotopic (exact) mass is 291 g/mol. The summed E-state index contributed by atoms with van der Waals surface area (Å²) < 4.78 is 7.16. The van der Waals surface area contributed by atoms with Crippen LogP contribution in [0.3, 0.4) is 0 Å². The van der Waals surface area contributed by atoms with E-state index < -0.39 is 0 Å². The van der Waals surface area contributed by atoms with Crippen molar-refractivity contribution in [1.82, 2.24) is 15.1 Å². The van der Waals surface area contributed by atoms with E-state index in [-0.39, 0.29) is 12.0 Å². The Hall–Kier alpha value is -1.66. The quantitative estimate of drug-likeness (QED) is 0.908. The van der Waals surface area contributed by atoms with Gasteiger partial charge in [-0.3, -0.25) is 9.48 Å². The maximum atomic E-state index is 12.0. The van der Waals surface area contributed by atoms with Crippen molar-refractivity contribution in [2.45, 2.75) is 25.5 Å². The predicted molar refractivity (Wildman–Crippen MR) is 77.1 cm³/mol. The van der Waals surface area contributed by atoms with Crippen molar-refractivity contribution in [3.8, 4) is 0 Å². The van der Waals surface area contributed by atoms with Crippen LogP contribution in [0.4, 0.5) is 0 Å². The van der Waals surface area contributed by atoms with Gasteiger partial charge in [0.2, 0.25) is 0 Å². The fraction of sp³-hybridized carbons (Fsp3) is 0.429. The van der Waals surface area contributed by atoms with E-state index in [0.717, 1.165) is 25.1 Å². The second kappa shape index (κ2) is 5.76.